The topological polar surface area (TPSA) is 75.4 Å². The standard InChI is InChI=1S/C25H23N5O2/c31-25(19-9-10-22-20(15-19)24(32-28-22)17-5-2-1-3-6-17)30-13-11-29(12-14-30)23-16-18-7-4-8-21(18)26-27-23/h1-3,5-6,9-10,15-16H,4,7-8,11-14H2. The summed E-state index contributed by atoms with van der Waals surface area (Å²) in [4.78, 5) is 17.4. The van der Waals surface area contributed by atoms with Gasteiger partial charge >= 0.3 is 0 Å². The van der Waals surface area contributed by atoms with Crippen LogP contribution >= 0.6 is 0 Å². The van der Waals surface area contributed by atoms with E-state index in [0.29, 0.717) is 24.4 Å². The molecule has 2 aromatic carbocycles. The molecule has 2 aliphatic rings. The van der Waals surface area contributed by atoms with Gasteiger partial charge in [-0.1, -0.05) is 35.5 Å². The van der Waals surface area contributed by atoms with E-state index in [1.54, 1.807) is 0 Å². The molecule has 7 heteroatoms. The van der Waals surface area contributed by atoms with Gasteiger partial charge in [0, 0.05) is 37.3 Å². The number of aryl methyl sites for hydroxylation is 2. The largest absolute Gasteiger partial charge is 0.355 e. The maximum atomic E-state index is 13.2. The first-order valence-corrected chi connectivity index (χ1v) is 11.1. The fraction of sp³-hybridized carbons (Fsp3) is 0.280. The molecule has 0 unspecified atom stereocenters. The van der Waals surface area contributed by atoms with Gasteiger partial charge in [0.1, 0.15) is 5.52 Å². The first-order valence-electron chi connectivity index (χ1n) is 11.1. The fourth-order valence-electron chi connectivity index (χ4n) is 4.67. The second kappa shape index (κ2) is 7.75. The molecule has 3 heterocycles. The summed E-state index contributed by atoms with van der Waals surface area (Å²) < 4.78 is 5.58. The quantitative estimate of drug-likeness (QED) is 0.498. The molecule has 4 aromatic rings. The molecule has 160 valence electrons. The molecule has 1 aliphatic carbocycles. The monoisotopic (exact) mass is 425 g/mol. The Morgan fingerprint density at radius 1 is 0.906 bits per heavy atom. The summed E-state index contributed by atoms with van der Waals surface area (Å²) in [7, 11) is 0. The number of nitrogens with zero attached hydrogens (tertiary/aromatic N) is 5. The minimum Gasteiger partial charge on any atom is -0.355 e. The number of benzene rings is 2. The van der Waals surface area contributed by atoms with Crippen LogP contribution in [0.3, 0.4) is 0 Å². The predicted molar refractivity (Wildman–Crippen MR) is 122 cm³/mol. The lowest BCUT2D eigenvalue weighted by atomic mass is 10.1. The summed E-state index contributed by atoms with van der Waals surface area (Å²) in [6.45, 7) is 2.82. The Morgan fingerprint density at radius 3 is 2.59 bits per heavy atom. The first-order chi connectivity index (χ1) is 15.8. The van der Waals surface area contributed by atoms with Crippen LogP contribution in [0.5, 0.6) is 0 Å². The highest BCUT2D eigenvalue weighted by Crippen LogP contribution is 2.30. The van der Waals surface area contributed by atoms with Crippen molar-refractivity contribution < 1.29 is 9.32 Å². The Morgan fingerprint density at radius 2 is 1.75 bits per heavy atom. The Kier molecular flexibility index (Phi) is 4.60. The van der Waals surface area contributed by atoms with E-state index in [0.717, 1.165) is 60.3 Å². The third kappa shape index (κ3) is 3.30. The van der Waals surface area contributed by atoms with Gasteiger partial charge in [-0.2, -0.15) is 5.10 Å². The number of rotatable bonds is 3. The highest BCUT2D eigenvalue weighted by Gasteiger charge is 2.25. The molecule has 1 fully saturated rings. The van der Waals surface area contributed by atoms with Crippen molar-refractivity contribution in [1.82, 2.24) is 20.3 Å². The van der Waals surface area contributed by atoms with E-state index in [1.165, 1.54) is 5.56 Å². The van der Waals surface area contributed by atoms with Crippen molar-refractivity contribution in [2.75, 3.05) is 31.1 Å². The lowest BCUT2D eigenvalue weighted by Gasteiger charge is -2.35. The Balaban J connectivity index is 1.19. The molecule has 0 N–H and O–H groups in total. The maximum Gasteiger partial charge on any atom is 0.254 e. The third-order valence-electron chi connectivity index (χ3n) is 6.46. The summed E-state index contributed by atoms with van der Waals surface area (Å²) in [6.07, 6.45) is 3.29. The lowest BCUT2D eigenvalue weighted by molar-refractivity contribution is 0.0746. The molecule has 1 saturated heterocycles. The molecule has 1 aliphatic heterocycles. The fourth-order valence-corrected chi connectivity index (χ4v) is 4.67. The van der Waals surface area contributed by atoms with Gasteiger partial charge in [0.2, 0.25) is 0 Å². The van der Waals surface area contributed by atoms with Crippen LogP contribution in [-0.2, 0) is 12.8 Å². The number of piperazine rings is 1. The minimum absolute atomic E-state index is 0.0341. The lowest BCUT2D eigenvalue weighted by Crippen LogP contribution is -2.49. The molecule has 0 radical (unpaired) electrons. The zero-order valence-electron chi connectivity index (χ0n) is 17.7. The van der Waals surface area contributed by atoms with Gasteiger partial charge < -0.3 is 14.3 Å². The van der Waals surface area contributed by atoms with E-state index >= 15 is 0 Å². The average Bonchev–Trinajstić information content (AvgIpc) is 3.50. The zero-order valence-corrected chi connectivity index (χ0v) is 17.7. The van der Waals surface area contributed by atoms with Crippen LogP contribution < -0.4 is 4.90 Å². The van der Waals surface area contributed by atoms with Gasteiger partial charge in [-0.25, -0.2) is 0 Å². The van der Waals surface area contributed by atoms with Crippen LogP contribution in [0.15, 0.2) is 59.1 Å². The normalized spacial score (nSPS) is 15.9. The van der Waals surface area contributed by atoms with Crippen molar-refractivity contribution in [2.24, 2.45) is 0 Å². The maximum absolute atomic E-state index is 13.2. The van der Waals surface area contributed by atoms with E-state index in [4.69, 9.17) is 4.52 Å². The van der Waals surface area contributed by atoms with Gasteiger partial charge in [-0.3, -0.25) is 4.79 Å². The van der Waals surface area contributed by atoms with Crippen LogP contribution in [0.25, 0.3) is 22.2 Å². The van der Waals surface area contributed by atoms with E-state index in [9.17, 15) is 4.79 Å². The van der Waals surface area contributed by atoms with Crippen molar-refractivity contribution >= 4 is 22.6 Å². The molecule has 32 heavy (non-hydrogen) atoms. The summed E-state index contributed by atoms with van der Waals surface area (Å²) in [5, 5.41) is 13.8. The number of hydrogen-bond acceptors (Lipinski definition) is 6. The van der Waals surface area contributed by atoms with Crippen molar-refractivity contribution in [3.63, 3.8) is 0 Å². The van der Waals surface area contributed by atoms with Crippen molar-refractivity contribution in [3.05, 3.63) is 71.4 Å². The SMILES string of the molecule is O=C(c1ccc2noc(-c3ccccc3)c2c1)N1CCN(c2cc3c(nn2)CCC3)CC1. The van der Waals surface area contributed by atoms with Crippen LogP contribution in [0.1, 0.15) is 28.0 Å². The second-order valence-electron chi connectivity index (χ2n) is 8.42. The van der Waals surface area contributed by atoms with Crippen molar-refractivity contribution in [3.8, 4) is 11.3 Å². The smallest absolute Gasteiger partial charge is 0.254 e. The van der Waals surface area contributed by atoms with Gasteiger partial charge in [-0.05, 0) is 49.1 Å². The van der Waals surface area contributed by atoms with Crippen LogP contribution in [0.2, 0.25) is 0 Å². The molecule has 0 bridgehead atoms. The average molecular weight is 425 g/mol. The Labute approximate surface area is 185 Å². The summed E-state index contributed by atoms with van der Waals surface area (Å²) in [5.41, 5.74) is 4.82. The zero-order chi connectivity index (χ0) is 21.5. The number of hydrogen-bond donors (Lipinski definition) is 0. The van der Waals surface area contributed by atoms with E-state index in [1.807, 2.05) is 53.4 Å². The third-order valence-corrected chi connectivity index (χ3v) is 6.46. The van der Waals surface area contributed by atoms with E-state index < -0.39 is 0 Å². The molecule has 7 nitrogen and oxygen atoms in total. The van der Waals surface area contributed by atoms with Gasteiger partial charge in [0.15, 0.2) is 11.6 Å². The molecule has 0 spiro atoms. The van der Waals surface area contributed by atoms with Crippen molar-refractivity contribution in [2.45, 2.75) is 19.3 Å². The van der Waals surface area contributed by atoms with Gasteiger partial charge in [0.05, 0.1) is 11.1 Å². The van der Waals surface area contributed by atoms with E-state index in [2.05, 4.69) is 26.3 Å². The number of aromatic nitrogens is 3. The summed E-state index contributed by atoms with van der Waals surface area (Å²) >= 11 is 0. The summed E-state index contributed by atoms with van der Waals surface area (Å²) in [5.74, 6) is 1.65. The Bertz CT molecular complexity index is 1290. The van der Waals surface area contributed by atoms with Crippen LogP contribution in [0, 0.1) is 0 Å². The van der Waals surface area contributed by atoms with Gasteiger partial charge in [0.25, 0.3) is 5.91 Å². The molecule has 0 saturated carbocycles. The molecular weight excluding hydrogens is 402 g/mol. The minimum atomic E-state index is 0.0341. The Hall–Kier alpha value is -3.74. The molecule has 0 atom stereocenters. The number of fused-ring (bicyclic) bond motifs is 2. The van der Waals surface area contributed by atoms with Crippen LogP contribution in [-0.4, -0.2) is 52.3 Å². The van der Waals surface area contributed by atoms with Crippen molar-refractivity contribution in [1.29, 1.82) is 0 Å². The number of carbonyl (C=O) groups excluding carboxylic acids is 1. The van der Waals surface area contributed by atoms with Crippen LogP contribution in [0.4, 0.5) is 5.82 Å². The predicted octanol–water partition coefficient (Wildman–Crippen LogP) is 3.74. The van der Waals surface area contributed by atoms with Gasteiger partial charge in [-0.15, -0.1) is 5.10 Å². The molecular formula is C25H23N5O2. The molecule has 2 aromatic heterocycles. The molecule has 1 amide bonds. The highest BCUT2D eigenvalue weighted by molar-refractivity contribution is 6.01. The second-order valence-corrected chi connectivity index (χ2v) is 8.42. The van der Waals surface area contributed by atoms with E-state index in [-0.39, 0.29) is 5.91 Å². The first kappa shape index (κ1) is 19.0. The molecule has 6 rings (SSSR count). The number of anilines is 1. The summed E-state index contributed by atoms with van der Waals surface area (Å²) in [6, 6.07) is 17.6. The number of amides is 1. The highest BCUT2D eigenvalue weighted by atomic mass is 16.5. The number of carbonyl (C=O) groups is 1.